The van der Waals surface area contributed by atoms with E-state index in [1.165, 1.54) is 6.08 Å². The molecule has 1 atom stereocenters. The van der Waals surface area contributed by atoms with Crippen molar-refractivity contribution >= 4 is 11.9 Å². The third-order valence-corrected chi connectivity index (χ3v) is 1.00. The van der Waals surface area contributed by atoms with Gasteiger partial charge in [0, 0.05) is 0 Å². The summed E-state index contributed by atoms with van der Waals surface area (Å²) in [4.78, 5) is 20.9. The smallest absolute Gasteiger partial charge is 0.318 e. The fraction of sp³-hybridized carbons (Fsp3) is 0.333. The molecule has 0 rings (SSSR count). The molecule has 0 radical (unpaired) electrons. The summed E-state index contributed by atoms with van der Waals surface area (Å²) in [6, 6.07) is -1.64. The first kappa shape index (κ1) is 9.64. The molecule has 5 N–H and O–H groups in total. The topological polar surface area (TPSA) is 98.2 Å². The SMILES string of the molecule is C=CCC(N)C(=O)NC(N)=O. The minimum Gasteiger partial charge on any atom is -0.351 e. The zero-order valence-electron chi connectivity index (χ0n) is 6.04. The fourth-order valence-electron chi connectivity index (χ4n) is 0.501. The summed E-state index contributed by atoms with van der Waals surface area (Å²) in [7, 11) is 0. The van der Waals surface area contributed by atoms with E-state index in [0.29, 0.717) is 6.42 Å². The van der Waals surface area contributed by atoms with E-state index in [1.807, 2.05) is 5.32 Å². The van der Waals surface area contributed by atoms with Gasteiger partial charge in [-0.1, -0.05) is 6.08 Å². The number of amides is 3. The molecule has 0 aliphatic rings. The van der Waals surface area contributed by atoms with Crippen LogP contribution in [-0.4, -0.2) is 18.0 Å². The van der Waals surface area contributed by atoms with Crippen LogP contribution in [0.4, 0.5) is 4.79 Å². The quantitative estimate of drug-likeness (QED) is 0.462. The van der Waals surface area contributed by atoms with Crippen LogP contribution < -0.4 is 16.8 Å². The lowest BCUT2D eigenvalue weighted by molar-refractivity contribution is -0.121. The molecule has 0 fully saturated rings. The van der Waals surface area contributed by atoms with Crippen molar-refractivity contribution in [3.63, 3.8) is 0 Å². The van der Waals surface area contributed by atoms with Gasteiger partial charge < -0.3 is 11.5 Å². The van der Waals surface area contributed by atoms with Crippen LogP contribution in [0.1, 0.15) is 6.42 Å². The summed E-state index contributed by atoms with van der Waals surface area (Å²) in [5.74, 6) is -0.586. The lowest BCUT2D eigenvalue weighted by Gasteiger charge is -2.06. The second kappa shape index (κ2) is 4.45. The Labute approximate surface area is 64.4 Å². The van der Waals surface area contributed by atoms with Crippen LogP contribution in [0.15, 0.2) is 12.7 Å². The Balaban J connectivity index is 3.82. The van der Waals surface area contributed by atoms with E-state index in [0.717, 1.165) is 0 Å². The van der Waals surface area contributed by atoms with Crippen molar-refractivity contribution in [1.82, 2.24) is 5.32 Å². The van der Waals surface area contributed by atoms with Crippen LogP contribution in [0.5, 0.6) is 0 Å². The molecule has 0 saturated heterocycles. The minimum absolute atomic E-state index is 0.319. The molecule has 0 aromatic carbocycles. The van der Waals surface area contributed by atoms with E-state index in [2.05, 4.69) is 12.3 Å². The Bertz CT molecular complexity index is 179. The lowest BCUT2D eigenvalue weighted by atomic mass is 10.2. The van der Waals surface area contributed by atoms with Gasteiger partial charge in [0.25, 0.3) is 0 Å². The molecule has 5 heteroatoms. The van der Waals surface area contributed by atoms with Gasteiger partial charge in [-0.05, 0) is 6.42 Å². The van der Waals surface area contributed by atoms with E-state index in [9.17, 15) is 9.59 Å². The predicted molar refractivity (Wildman–Crippen MR) is 40.5 cm³/mol. The van der Waals surface area contributed by atoms with Gasteiger partial charge in [-0.2, -0.15) is 0 Å². The van der Waals surface area contributed by atoms with Gasteiger partial charge in [-0.25, -0.2) is 4.79 Å². The molecule has 0 saturated carbocycles. The van der Waals surface area contributed by atoms with E-state index >= 15 is 0 Å². The maximum absolute atomic E-state index is 10.8. The zero-order chi connectivity index (χ0) is 8.85. The van der Waals surface area contributed by atoms with Crippen LogP contribution in [0.3, 0.4) is 0 Å². The second-order valence-electron chi connectivity index (χ2n) is 1.98. The molecule has 1 unspecified atom stereocenters. The third-order valence-electron chi connectivity index (χ3n) is 1.00. The standard InChI is InChI=1S/C6H11N3O2/c1-2-3-4(7)5(10)9-6(8)11/h2,4H,1,3,7H2,(H3,8,9,10,11). The van der Waals surface area contributed by atoms with Crippen molar-refractivity contribution in [2.24, 2.45) is 11.5 Å². The first-order valence-corrected chi connectivity index (χ1v) is 3.04. The van der Waals surface area contributed by atoms with Gasteiger partial charge >= 0.3 is 6.03 Å². The highest BCUT2D eigenvalue weighted by molar-refractivity contribution is 5.96. The van der Waals surface area contributed by atoms with Gasteiger partial charge in [0.1, 0.15) is 0 Å². The highest BCUT2D eigenvalue weighted by atomic mass is 16.2. The highest BCUT2D eigenvalue weighted by Crippen LogP contribution is 1.87. The van der Waals surface area contributed by atoms with Crippen molar-refractivity contribution in [2.45, 2.75) is 12.5 Å². The zero-order valence-corrected chi connectivity index (χ0v) is 6.04. The number of carbonyl (C=O) groups is 2. The molecule has 0 aliphatic heterocycles. The van der Waals surface area contributed by atoms with Crippen LogP contribution in [-0.2, 0) is 4.79 Å². The maximum atomic E-state index is 10.8. The second-order valence-corrected chi connectivity index (χ2v) is 1.98. The van der Waals surface area contributed by atoms with Gasteiger partial charge in [-0.15, -0.1) is 6.58 Å². The number of carbonyl (C=O) groups excluding carboxylic acids is 2. The number of nitrogens with one attached hydrogen (secondary N) is 1. The molecule has 5 nitrogen and oxygen atoms in total. The molecule has 0 bridgehead atoms. The van der Waals surface area contributed by atoms with Crippen LogP contribution in [0.25, 0.3) is 0 Å². The molecule has 0 aromatic heterocycles. The number of hydrogen-bond acceptors (Lipinski definition) is 3. The molecular weight excluding hydrogens is 146 g/mol. The average molecular weight is 157 g/mol. The average Bonchev–Trinajstić information content (AvgIpc) is 1.86. The van der Waals surface area contributed by atoms with Crippen molar-refractivity contribution in [2.75, 3.05) is 0 Å². The third kappa shape index (κ3) is 4.10. The predicted octanol–water partition coefficient (Wildman–Crippen LogP) is -0.915. The van der Waals surface area contributed by atoms with Gasteiger partial charge in [0.15, 0.2) is 0 Å². The monoisotopic (exact) mass is 157 g/mol. The van der Waals surface area contributed by atoms with Crippen LogP contribution in [0, 0.1) is 0 Å². The maximum Gasteiger partial charge on any atom is 0.318 e. The molecule has 0 spiro atoms. The Kier molecular flexibility index (Phi) is 3.90. The largest absolute Gasteiger partial charge is 0.351 e. The van der Waals surface area contributed by atoms with Crippen molar-refractivity contribution in [3.05, 3.63) is 12.7 Å². The molecule has 0 aliphatic carbocycles. The number of imide groups is 1. The van der Waals surface area contributed by atoms with Gasteiger partial charge in [-0.3, -0.25) is 10.1 Å². The van der Waals surface area contributed by atoms with E-state index in [4.69, 9.17) is 5.73 Å². The van der Waals surface area contributed by atoms with Crippen molar-refractivity contribution < 1.29 is 9.59 Å². The fourth-order valence-corrected chi connectivity index (χ4v) is 0.501. The van der Waals surface area contributed by atoms with E-state index < -0.39 is 18.0 Å². The summed E-state index contributed by atoms with van der Waals surface area (Å²) in [5.41, 5.74) is 9.96. The van der Waals surface area contributed by atoms with Crippen molar-refractivity contribution in [3.8, 4) is 0 Å². The number of nitrogens with two attached hydrogens (primary N) is 2. The normalized spacial score (nSPS) is 11.7. The Morgan fingerprint density at radius 2 is 2.18 bits per heavy atom. The summed E-state index contributed by atoms with van der Waals surface area (Å²) < 4.78 is 0. The van der Waals surface area contributed by atoms with Gasteiger partial charge in [0.2, 0.25) is 5.91 Å². The van der Waals surface area contributed by atoms with Crippen molar-refractivity contribution in [1.29, 1.82) is 0 Å². The van der Waals surface area contributed by atoms with E-state index in [-0.39, 0.29) is 0 Å². The van der Waals surface area contributed by atoms with Crippen LogP contribution >= 0.6 is 0 Å². The molecule has 0 heterocycles. The number of rotatable bonds is 3. The molecule has 62 valence electrons. The molecule has 0 aromatic rings. The first-order chi connectivity index (χ1) is 5.07. The summed E-state index contributed by atoms with van der Waals surface area (Å²) >= 11 is 0. The molecule has 11 heavy (non-hydrogen) atoms. The number of primary amides is 1. The summed E-state index contributed by atoms with van der Waals surface area (Å²) in [6.45, 7) is 3.39. The summed E-state index contributed by atoms with van der Waals surface area (Å²) in [6.07, 6.45) is 1.81. The van der Waals surface area contributed by atoms with E-state index in [1.54, 1.807) is 0 Å². The van der Waals surface area contributed by atoms with Crippen LogP contribution in [0.2, 0.25) is 0 Å². The highest BCUT2D eigenvalue weighted by Gasteiger charge is 2.12. The number of urea groups is 1. The Hall–Kier alpha value is -1.36. The molecular formula is C6H11N3O2. The Morgan fingerprint density at radius 3 is 2.55 bits per heavy atom. The lowest BCUT2D eigenvalue weighted by Crippen LogP contribution is -2.45. The molecule has 3 amide bonds. The van der Waals surface area contributed by atoms with Gasteiger partial charge in [0.05, 0.1) is 6.04 Å². The first-order valence-electron chi connectivity index (χ1n) is 3.04. The minimum atomic E-state index is -0.894. The Morgan fingerprint density at radius 1 is 1.64 bits per heavy atom. The number of hydrogen-bond donors (Lipinski definition) is 3. The summed E-state index contributed by atoms with van der Waals surface area (Å²) in [5, 5.41) is 1.85.